The van der Waals surface area contributed by atoms with Crippen LogP contribution in [0.2, 0.25) is 0 Å². The third-order valence-electron chi connectivity index (χ3n) is 4.59. The number of amides is 2. The molecule has 2 aromatic carbocycles. The molecular formula is C22H26N2O4. The molecule has 28 heavy (non-hydrogen) atoms. The van der Waals surface area contributed by atoms with E-state index in [1.165, 1.54) is 4.90 Å². The van der Waals surface area contributed by atoms with E-state index in [1.807, 2.05) is 49.4 Å². The van der Waals surface area contributed by atoms with Gasteiger partial charge < -0.3 is 15.3 Å². The van der Waals surface area contributed by atoms with Gasteiger partial charge in [0.1, 0.15) is 0 Å². The number of rotatable bonds is 8. The summed E-state index contributed by atoms with van der Waals surface area (Å²) >= 11 is 0. The molecule has 2 aromatic rings. The Labute approximate surface area is 165 Å². The first kappa shape index (κ1) is 21.2. The maximum absolute atomic E-state index is 12.6. The number of nitrogens with one attached hydrogen (secondary N) is 1. The van der Waals surface area contributed by atoms with Crippen molar-refractivity contribution in [1.82, 2.24) is 10.2 Å². The van der Waals surface area contributed by atoms with Crippen molar-refractivity contribution < 1.29 is 19.5 Å². The van der Waals surface area contributed by atoms with Crippen LogP contribution in [0.1, 0.15) is 40.9 Å². The second kappa shape index (κ2) is 9.69. The summed E-state index contributed by atoms with van der Waals surface area (Å²) in [5, 5.41) is 12.0. The van der Waals surface area contributed by atoms with Crippen molar-refractivity contribution in [3.63, 3.8) is 0 Å². The Morgan fingerprint density at radius 3 is 2.21 bits per heavy atom. The smallest absolute Gasteiger partial charge is 0.308 e. The number of nitrogens with zero attached hydrogens (tertiary/aromatic N) is 1. The van der Waals surface area contributed by atoms with E-state index in [4.69, 9.17) is 5.11 Å². The molecule has 0 bridgehead atoms. The van der Waals surface area contributed by atoms with Crippen LogP contribution in [0.3, 0.4) is 0 Å². The molecule has 0 spiro atoms. The van der Waals surface area contributed by atoms with Crippen LogP contribution in [-0.2, 0) is 9.59 Å². The fourth-order valence-corrected chi connectivity index (χ4v) is 2.81. The first-order chi connectivity index (χ1) is 13.3. The molecule has 2 N–H and O–H groups in total. The summed E-state index contributed by atoms with van der Waals surface area (Å²) in [4.78, 5) is 37.7. The monoisotopic (exact) mass is 382 g/mol. The first-order valence-electron chi connectivity index (χ1n) is 9.17. The van der Waals surface area contributed by atoms with Crippen LogP contribution in [0.4, 0.5) is 0 Å². The molecule has 6 nitrogen and oxygen atoms in total. The van der Waals surface area contributed by atoms with Crippen LogP contribution in [0.25, 0.3) is 0 Å². The molecule has 2 amide bonds. The minimum absolute atomic E-state index is 0.0461. The predicted molar refractivity (Wildman–Crippen MR) is 107 cm³/mol. The zero-order chi connectivity index (χ0) is 20.7. The molecule has 0 fully saturated rings. The Morgan fingerprint density at radius 2 is 1.64 bits per heavy atom. The van der Waals surface area contributed by atoms with Gasteiger partial charge in [0.25, 0.3) is 5.91 Å². The van der Waals surface area contributed by atoms with Crippen molar-refractivity contribution in [2.45, 2.75) is 26.3 Å². The molecule has 2 atom stereocenters. The van der Waals surface area contributed by atoms with Gasteiger partial charge in [0, 0.05) is 19.2 Å². The summed E-state index contributed by atoms with van der Waals surface area (Å²) in [5.74, 6) is -2.10. The van der Waals surface area contributed by atoms with Crippen LogP contribution in [0.5, 0.6) is 0 Å². The highest BCUT2D eigenvalue weighted by Gasteiger charge is 2.23. The Bertz CT molecular complexity index is 818. The summed E-state index contributed by atoms with van der Waals surface area (Å²) in [6.45, 7) is 3.61. The predicted octanol–water partition coefficient (Wildman–Crippen LogP) is 3.04. The molecule has 0 radical (unpaired) electrons. The topological polar surface area (TPSA) is 86.7 Å². The van der Waals surface area contributed by atoms with E-state index in [-0.39, 0.29) is 24.8 Å². The number of carbonyl (C=O) groups excluding carboxylic acids is 2. The highest BCUT2D eigenvalue weighted by atomic mass is 16.4. The highest BCUT2D eigenvalue weighted by Crippen LogP contribution is 2.19. The molecule has 0 aliphatic heterocycles. The van der Waals surface area contributed by atoms with E-state index in [9.17, 15) is 14.4 Å². The SMILES string of the molecule is Cc1ccc(C(=O)NC(CC(=O)N(C)CC(C)C(=O)O)c2ccccc2)cc1. The van der Waals surface area contributed by atoms with Gasteiger partial charge in [-0.15, -0.1) is 0 Å². The van der Waals surface area contributed by atoms with Crippen molar-refractivity contribution in [3.05, 3.63) is 71.3 Å². The van der Waals surface area contributed by atoms with Gasteiger partial charge in [-0.1, -0.05) is 55.0 Å². The van der Waals surface area contributed by atoms with Crippen molar-refractivity contribution in [2.75, 3.05) is 13.6 Å². The molecule has 2 rings (SSSR count). The number of carboxylic acids is 1. The summed E-state index contributed by atoms with van der Waals surface area (Å²) in [6.07, 6.45) is 0.0461. The molecule has 0 saturated heterocycles. The summed E-state index contributed by atoms with van der Waals surface area (Å²) in [5.41, 5.74) is 2.39. The molecule has 0 aliphatic carbocycles. The molecule has 148 valence electrons. The number of carboxylic acid groups (broad SMARTS) is 1. The largest absolute Gasteiger partial charge is 0.481 e. The zero-order valence-electron chi connectivity index (χ0n) is 16.4. The van der Waals surface area contributed by atoms with E-state index in [0.29, 0.717) is 5.56 Å². The van der Waals surface area contributed by atoms with Gasteiger partial charge >= 0.3 is 5.97 Å². The van der Waals surface area contributed by atoms with Crippen LogP contribution in [-0.4, -0.2) is 41.4 Å². The van der Waals surface area contributed by atoms with Crippen molar-refractivity contribution >= 4 is 17.8 Å². The molecule has 2 unspecified atom stereocenters. The average Bonchev–Trinajstić information content (AvgIpc) is 2.68. The minimum atomic E-state index is -0.952. The Balaban J connectivity index is 2.14. The molecule has 0 heterocycles. The van der Waals surface area contributed by atoms with E-state index in [1.54, 1.807) is 26.1 Å². The number of hydrogen-bond donors (Lipinski definition) is 2. The number of carbonyl (C=O) groups is 3. The van der Waals surface area contributed by atoms with Crippen LogP contribution in [0.15, 0.2) is 54.6 Å². The van der Waals surface area contributed by atoms with Crippen LogP contribution in [0, 0.1) is 12.8 Å². The second-order valence-corrected chi connectivity index (χ2v) is 7.02. The van der Waals surface area contributed by atoms with Crippen molar-refractivity contribution in [2.24, 2.45) is 5.92 Å². The first-order valence-corrected chi connectivity index (χ1v) is 9.17. The van der Waals surface area contributed by atoms with E-state index < -0.39 is 17.9 Å². The lowest BCUT2D eigenvalue weighted by molar-refractivity contribution is -0.142. The maximum atomic E-state index is 12.6. The lowest BCUT2D eigenvalue weighted by atomic mass is 10.0. The Morgan fingerprint density at radius 1 is 1.04 bits per heavy atom. The number of benzene rings is 2. The fourth-order valence-electron chi connectivity index (χ4n) is 2.81. The van der Waals surface area contributed by atoms with Gasteiger partial charge in [0.2, 0.25) is 5.91 Å². The Kier molecular flexibility index (Phi) is 7.32. The van der Waals surface area contributed by atoms with Crippen molar-refractivity contribution in [1.29, 1.82) is 0 Å². The average molecular weight is 382 g/mol. The lowest BCUT2D eigenvalue weighted by Gasteiger charge is -2.24. The van der Waals surface area contributed by atoms with Crippen molar-refractivity contribution in [3.8, 4) is 0 Å². The summed E-state index contributed by atoms with van der Waals surface area (Å²) in [7, 11) is 1.58. The van der Waals surface area contributed by atoms with Gasteiger partial charge in [-0.2, -0.15) is 0 Å². The highest BCUT2D eigenvalue weighted by molar-refractivity contribution is 5.94. The normalized spacial score (nSPS) is 12.7. The van der Waals surface area contributed by atoms with Gasteiger partial charge in [-0.25, -0.2) is 0 Å². The van der Waals surface area contributed by atoms with Crippen LogP contribution < -0.4 is 5.32 Å². The summed E-state index contributed by atoms with van der Waals surface area (Å²) in [6, 6.07) is 16.0. The lowest BCUT2D eigenvalue weighted by Crippen LogP contribution is -2.37. The molecule has 6 heteroatoms. The van der Waals surface area contributed by atoms with Gasteiger partial charge in [-0.3, -0.25) is 14.4 Å². The van der Waals surface area contributed by atoms with Gasteiger partial charge in [-0.05, 0) is 24.6 Å². The molecular weight excluding hydrogens is 356 g/mol. The molecule has 0 aromatic heterocycles. The van der Waals surface area contributed by atoms with Gasteiger partial charge in [0.05, 0.1) is 18.4 Å². The van der Waals surface area contributed by atoms with E-state index >= 15 is 0 Å². The van der Waals surface area contributed by atoms with E-state index in [0.717, 1.165) is 11.1 Å². The second-order valence-electron chi connectivity index (χ2n) is 7.02. The van der Waals surface area contributed by atoms with E-state index in [2.05, 4.69) is 5.32 Å². The maximum Gasteiger partial charge on any atom is 0.308 e. The van der Waals surface area contributed by atoms with Gasteiger partial charge in [0.15, 0.2) is 0 Å². The quantitative estimate of drug-likeness (QED) is 0.735. The number of hydrogen-bond acceptors (Lipinski definition) is 3. The Hall–Kier alpha value is -3.15. The third kappa shape index (κ3) is 5.94. The molecule has 0 aliphatic rings. The van der Waals surface area contributed by atoms with Crippen LogP contribution >= 0.6 is 0 Å². The summed E-state index contributed by atoms with van der Waals surface area (Å²) < 4.78 is 0. The molecule has 0 saturated carbocycles. The zero-order valence-corrected chi connectivity index (χ0v) is 16.4. The number of aliphatic carboxylic acids is 1. The standard InChI is InChI=1S/C22H26N2O4/c1-15-9-11-18(12-10-15)21(26)23-19(17-7-5-4-6-8-17)13-20(25)24(3)14-16(2)22(27)28/h4-12,16,19H,13-14H2,1-3H3,(H,23,26)(H,27,28). The minimum Gasteiger partial charge on any atom is -0.481 e. The fraction of sp³-hybridized carbons (Fsp3) is 0.318. The number of aryl methyl sites for hydroxylation is 1. The third-order valence-corrected chi connectivity index (χ3v) is 4.59.